The maximum absolute atomic E-state index is 11.7. The third-order valence-corrected chi connectivity index (χ3v) is 5.73. The number of rotatable bonds is 19. The van der Waals surface area contributed by atoms with E-state index in [4.69, 9.17) is 4.55 Å². The summed E-state index contributed by atoms with van der Waals surface area (Å²) in [5.74, 6) is -1.82. The van der Waals surface area contributed by atoms with Crippen molar-refractivity contribution in [3.63, 3.8) is 0 Å². The molecule has 1 aromatic carbocycles. The Morgan fingerprint density at radius 2 is 1.25 bits per heavy atom. The third kappa shape index (κ3) is 18.5. The molecule has 1 rings (SSSR count). The van der Waals surface area contributed by atoms with Gasteiger partial charge < -0.3 is 10.1 Å². The third-order valence-electron chi connectivity index (χ3n) is 5.32. The zero-order valence-corrected chi connectivity index (χ0v) is 24.1. The summed E-state index contributed by atoms with van der Waals surface area (Å²) in [6, 6.07) is 6.65. The second-order valence-corrected chi connectivity index (χ2v) is 9.63. The van der Waals surface area contributed by atoms with Gasteiger partial charge in [-0.15, -0.1) is 0 Å². The van der Waals surface area contributed by atoms with Crippen molar-refractivity contribution in [1.82, 2.24) is 0 Å². The number of carbonyl (C=O) groups is 1. The normalized spacial score (nSPS) is 11.1. The van der Waals surface area contributed by atoms with Gasteiger partial charge in [-0.2, -0.15) is 8.42 Å². The van der Waals surface area contributed by atoms with Gasteiger partial charge in [0.05, 0.1) is 5.56 Å². The molecule has 0 saturated heterocycles. The SMILES string of the molecule is CCCCCCCCCCCCCCCCNc1ccc(C(=O)OCS(=O)(=O)O)cc1.[K]. The predicted octanol–water partition coefficient (Wildman–Crippen LogP) is 6.20. The quantitative estimate of drug-likeness (QED) is 0.103. The van der Waals surface area contributed by atoms with Gasteiger partial charge in [-0.3, -0.25) is 4.55 Å². The molecule has 0 aliphatic heterocycles. The Morgan fingerprint density at radius 1 is 0.812 bits per heavy atom. The van der Waals surface area contributed by atoms with Gasteiger partial charge in [0.1, 0.15) is 0 Å². The number of unbranched alkanes of at least 4 members (excludes halogenated alkanes) is 13. The van der Waals surface area contributed by atoms with Gasteiger partial charge in [-0.25, -0.2) is 4.79 Å². The Morgan fingerprint density at radius 3 is 1.69 bits per heavy atom. The van der Waals surface area contributed by atoms with Crippen LogP contribution in [-0.4, -0.2) is 82.8 Å². The van der Waals surface area contributed by atoms with Crippen LogP contribution in [-0.2, 0) is 14.9 Å². The molecule has 0 aliphatic carbocycles. The Labute approximate surface area is 237 Å². The van der Waals surface area contributed by atoms with Gasteiger partial charge in [-0.1, -0.05) is 90.4 Å². The Kier molecular flexibility index (Phi) is 20.4. The van der Waals surface area contributed by atoms with Gasteiger partial charge in [0.15, 0.2) is 0 Å². The summed E-state index contributed by atoms with van der Waals surface area (Å²) in [6.07, 6.45) is 18.8. The van der Waals surface area contributed by atoms with Crippen molar-refractivity contribution in [3.8, 4) is 0 Å². The van der Waals surface area contributed by atoms with Crippen molar-refractivity contribution in [2.24, 2.45) is 0 Å². The first-order valence-electron chi connectivity index (χ1n) is 11.9. The number of benzene rings is 1. The van der Waals surface area contributed by atoms with Crippen LogP contribution in [0.15, 0.2) is 24.3 Å². The fourth-order valence-corrected chi connectivity index (χ4v) is 3.74. The van der Waals surface area contributed by atoms with Crippen molar-refractivity contribution >= 4 is 73.2 Å². The summed E-state index contributed by atoms with van der Waals surface area (Å²) in [5, 5.41) is 3.32. The molecular weight excluding hydrogens is 453 g/mol. The van der Waals surface area contributed by atoms with Gasteiger partial charge >= 0.3 is 16.1 Å². The summed E-state index contributed by atoms with van der Waals surface area (Å²) in [5.41, 5.74) is 1.15. The molecule has 0 heterocycles. The average molecular weight is 495 g/mol. The zero-order valence-electron chi connectivity index (χ0n) is 20.1. The summed E-state index contributed by atoms with van der Waals surface area (Å²) < 4.78 is 34.4. The van der Waals surface area contributed by atoms with Crippen molar-refractivity contribution in [2.45, 2.75) is 96.8 Å². The van der Waals surface area contributed by atoms with Crippen molar-refractivity contribution in [1.29, 1.82) is 0 Å². The van der Waals surface area contributed by atoms with E-state index in [0.717, 1.165) is 18.7 Å². The minimum absolute atomic E-state index is 0. The predicted molar refractivity (Wildman–Crippen MR) is 133 cm³/mol. The van der Waals surface area contributed by atoms with E-state index in [0.29, 0.717) is 0 Å². The number of nitrogens with one attached hydrogen (secondary N) is 1. The van der Waals surface area contributed by atoms with E-state index >= 15 is 0 Å². The van der Waals surface area contributed by atoms with Gasteiger partial charge in [0.2, 0.25) is 5.94 Å². The zero-order chi connectivity index (χ0) is 22.8. The molecule has 0 aliphatic rings. The fourth-order valence-electron chi connectivity index (χ4n) is 3.49. The molecule has 2 N–H and O–H groups in total. The van der Waals surface area contributed by atoms with E-state index in [9.17, 15) is 13.2 Å². The molecule has 8 heteroatoms. The summed E-state index contributed by atoms with van der Waals surface area (Å²) in [4.78, 5) is 11.7. The molecule has 0 saturated carbocycles. The van der Waals surface area contributed by atoms with Crippen LogP contribution in [0.3, 0.4) is 0 Å². The summed E-state index contributed by atoms with van der Waals surface area (Å²) >= 11 is 0. The van der Waals surface area contributed by atoms with Crippen LogP contribution in [0.25, 0.3) is 0 Å². The molecule has 0 fully saturated rings. The Balaban J connectivity index is 0.00000961. The molecule has 0 atom stereocenters. The average Bonchev–Trinajstić information content (AvgIpc) is 2.74. The van der Waals surface area contributed by atoms with Gasteiger partial charge in [0, 0.05) is 63.6 Å². The number of ether oxygens (including phenoxy) is 1. The molecule has 0 aromatic heterocycles. The maximum Gasteiger partial charge on any atom is 0.339 e. The van der Waals surface area contributed by atoms with Crippen LogP contribution in [0.1, 0.15) is 107 Å². The topological polar surface area (TPSA) is 92.7 Å². The van der Waals surface area contributed by atoms with Crippen LogP contribution < -0.4 is 5.32 Å². The molecule has 0 bridgehead atoms. The molecule has 0 spiro atoms. The number of carbonyl (C=O) groups excluding carboxylic acids is 1. The van der Waals surface area contributed by atoms with E-state index in [1.54, 1.807) is 24.3 Å². The van der Waals surface area contributed by atoms with Crippen molar-refractivity contribution in [3.05, 3.63) is 29.8 Å². The number of esters is 1. The Bertz CT molecular complexity index is 695. The molecule has 6 nitrogen and oxygen atoms in total. The first kappa shape index (κ1) is 32.0. The van der Waals surface area contributed by atoms with Crippen LogP contribution in [0.5, 0.6) is 0 Å². The molecule has 179 valence electrons. The molecule has 32 heavy (non-hydrogen) atoms. The monoisotopic (exact) mass is 494 g/mol. The van der Waals surface area contributed by atoms with E-state index in [-0.39, 0.29) is 56.9 Å². The number of hydrogen-bond donors (Lipinski definition) is 2. The largest absolute Gasteiger partial charge is 0.443 e. The fraction of sp³-hybridized carbons (Fsp3) is 0.708. The summed E-state index contributed by atoms with van der Waals surface area (Å²) in [6.45, 7) is 3.14. The van der Waals surface area contributed by atoms with Gasteiger partial charge in [0.25, 0.3) is 0 Å². The van der Waals surface area contributed by atoms with Gasteiger partial charge in [-0.05, 0) is 30.7 Å². The minimum atomic E-state index is -4.32. The second kappa shape index (κ2) is 20.4. The molecular formula is C24H41KNO5S. The molecule has 0 unspecified atom stereocenters. The second-order valence-electron chi connectivity index (χ2n) is 8.23. The molecule has 0 amide bonds. The van der Waals surface area contributed by atoms with E-state index in [2.05, 4.69) is 17.0 Å². The smallest absolute Gasteiger partial charge is 0.339 e. The van der Waals surface area contributed by atoms with Crippen molar-refractivity contribution in [2.75, 3.05) is 17.8 Å². The minimum Gasteiger partial charge on any atom is -0.443 e. The van der Waals surface area contributed by atoms with Crippen LogP contribution >= 0.6 is 0 Å². The first-order valence-corrected chi connectivity index (χ1v) is 13.5. The molecule has 1 aromatic rings. The standard InChI is InChI=1S/C24H41NO5S.K/c1-2-3-4-5-6-7-8-9-10-11-12-13-14-15-20-25-23-18-16-22(17-19-23)24(26)30-21-31(27,28)29;/h16-19,25H,2-15,20-21H2,1H3,(H,27,28,29);. The Hall–Kier alpha value is 0.0364. The first-order chi connectivity index (χ1) is 14.9. The van der Waals surface area contributed by atoms with E-state index < -0.39 is 22.0 Å². The van der Waals surface area contributed by atoms with E-state index in [1.807, 2.05) is 0 Å². The number of hydrogen-bond acceptors (Lipinski definition) is 5. The maximum atomic E-state index is 11.7. The molecule has 1 radical (unpaired) electrons. The van der Waals surface area contributed by atoms with Crippen molar-refractivity contribution < 1.29 is 22.5 Å². The van der Waals surface area contributed by atoms with Crippen LogP contribution in [0.2, 0.25) is 0 Å². The van der Waals surface area contributed by atoms with E-state index in [1.165, 1.54) is 83.5 Å². The van der Waals surface area contributed by atoms with Crippen LogP contribution in [0.4, 0.5) is 5.69 Å². The summed E-state index contributed by atoms with van der Waals surface area (Å²) in [7, 11) is -4.32. The number of anilines is 1. The van der Waals surface area contributed by atoms with Crippen LogP contribution in [0, 0.1) is 0 Å².